The van der Waals surface area contributed by atoms with Crippen molar-refractivity contribution in [3.63, 3.8) is 0 Å². The Balaban J connectivity index is 4.35. The molecule has 0 rings (SSSR count). The molecule has 0 aliphatic rings. The van der Waals surface area contributed by atoms with E-state index in [1.165, 1.54) is 6.92 Å². The van der Waals surface area contributed by atoms with Gasteiger partial charge < -0.3 is 21.3 Å². The number of carbonyl (C=O) groups is 2. The number of nitrogens with two attached hydrogens (primary N) is 1. The highest BCUT2D eigenvalue weighted by molar-refractivity contribution is 5.87. The van der Waals surface area contributed by atoms with Crippen LogP contribution in [0, 0.1) is 5.92 Å². The number of aliphatic carboxylic acids is 1. The molecule has 6 nitrogen and oxygen atoms in total. The van der Waals surface area contributed by atoms with E-state index in [4.69, 9.17) is 15.9 Å². The standard InChI is InChI=1S/C10H20N2O4/c1-5(2)4-7(11)9(14)12-8(6(3)13)10(15)16/h5-8,13H,4,11H2,1-3H3,(H,12,14)(H,15,16)/t6-,7-,8+/m1/s1. The Bertz CT molecular complexity index is 253. The largest absolute Gasteiger partial charge is 0.480 e. The smallest absolute Gasteiger partial charge is 0.328 e. The zero-order valence-corrected chi connectivity index (χ0v) is 9.80. The Morgan fingerprint density at radius 2 is 1.81 bits per heavy atom. The molecule has 94 valence electrons. The van der Waals surface area contributed by atoms with Gasteiger partial charge in [0.2, 0.25) is 5.91 Å². The van der Waals surface area contributed by atoms with Crippen LogP contribution in [-0.4, -0.2) is 40.3 Å². The summed E-state index contributed by atoms with van der Waals surface area (Å²) >= 11 is 0. The molecule has 0 spiro atoms. The molecular weight excluding hydrogens is 212 g/mol. The number of hydrogen-bond acceptors (Lipinski definition) is 4. The van der Waals surface area contributed by atoms with Crippen molar-refractivity contribution in [2.45, 2.75) is 45.4 Å². The molecule has 0 bridgehead atoms. The second kappa shape index (κ2) is 6.44. The molecule has 0 aromatic carbocycles. The third kappa shape index (κ3) is 5.09. The maximum atomic E-state index is 11.5. The van der Waals surface area contributed by atoms with E-state index in [1.54, 1.807) is 0 Å². The first-order chi connectivity index (χ1) is 7.25. The van der Waals surface area contributed by atoms with E-state index in [1.807, 2.05) is 13.8 Å². The summed E-state index contributed by atoms with van der Waals surface area (Å²) in [4.78, 5) is 22.2. The van der Waals surface area contributed by atoms with Crippen molar-refractivity contribution in [1.82, 2.24) is 5.32 Å². The topological polar surface area (TPSA) is 113 Å². The number of rotatable bonds is 6. The van der Waals surface area contributed by atoms with Crippen LogP contribution in [0.4, 0.5) is 0 Å². The summed E-state index contributed by atoms with van der Waals surface area (Å²) < 4.78 is 0. The number of aliphatic hydroxyl groups excluding tert-OH is 1. The average Bonchev–Trinajstić information content (AvgIpc) is 2.11. The van der Waals surface area contributed by atoms with Crippen LogP contribution in [-0.2, 0) is 9.59 Å². The zero-order valence-electron chi connectivity index (χ0n) is 9.80. The molecule has 0 aliphatic heterocycles. The van der Waals surface area contributed by atoms with Crippen molar-refractivity contribution in [3.05, 3.63) is 0 Å². The Kier molecular flexibility index (Phi) is 5.98. The van der Waals surface area contributed by atoms with Crippen LogP contribution in [0.3, 0.4) is 0 Å². The van der Waals surface area contributed by atoms with E-state index in [0.717, 1.165) is 0 Å². The molecule has 0 heterocycles. The molecule has 0 aromatic rings. The SMILES string of the molecule is CC(C)C[C@@H](N)C(=O)N[C@H](C(=O)O)[C@@H](C)O. The summed E-state index contributed by atoms with van der Waals surface area (Å²) in [6.07, 6.45) is -0.689. The summed E-state index contributed by atoms with van der Waals surface area (Å²) in [5.74, 6) is -1.59. The van der Waals surface area contributed by atoms with Crippen LogP contribution in [0.5, 0.6) is 0 Å². The van der Waals surface area contributed by atoms with Crippen LogP contribution >= 0.6 is 0 Å². The maximum Gasteiger partial charge on any atom is 0.328 e. The van der Waals surface area contributed by atoms with Crippen LogP contribution in [0.25, 0.3) is 0 Å². The molecule has 0 aliphatic carbocycles. The van der Waals surface area contributed by atoms with E-state index < -0.39 is 30.1 Å². The van der Waals surface area contributed by atoms with Crippen LogP contribution < -0.4 is 11.1 Å². The lowest BCUT2D eigenvalue weighted by atomic mass is 10.0. The molecule has 0 aromatic heterocycles. The van der Waals surface area contributed by atoms with Crippen LogP contribution in [0.1, 0.15) is 27.2 Å². The van der Waals surface area contributed by atoms with Gasteiger partial charge in [0.15, 0.2) is 6.04 Å². The van der Waals surface area contributed by atoms with Crippen molar-refractivity contribution in [2.75, 3.05) is 0 Å². The Morgan fingerprint density at radius 1 is 1.31 bits per heavy atom. The zero-order chi connectivity index (χ0) is 12.9. The Labute approximate surface area is 94.8 Å². The Morgan fingerprint density at radius 3 is 2.12 bits per heavy atom. The second-order valence-corrected chi connectivity index (χ2v) is 4.30. The van der Waals surface area contributed by atoms with E-state index in [9.17, 15) is 9.59 Å². The molecule has 1 amide bonds. The summed E-state index contributed by atoms with van der Waals surface area (Å²) in [7, 11) is 0. The van der Waals surface area contributed by atoms with Gasteiger partial charge in [-0.15, -0.1) is 0 Å². The van der Waals surface area contributed by atoms with Crippen molar-refractivity contribution >= 4 is 11.9 Å². The van der Waals surface area contributed by atoms with Gasteiger partial charge in [-0.25, -0.2) is 4.79 Å². The van der Waals surface area contributed by atoms with Crippen LogP contribution in [0.2, 0.25) is 0 Å². The summed E-state index contributed by atoms with van der Waals surface area (Å²) in [5.41, 5.74) is 5.58. The van der Waals surface area contributed by atoms with E-state index in [2.05, 4.69) is 5.32 Å². The molecule has 0 saturated heterocycles. The van der Waals surface area contributed by atoms with Crippen molar-refractivity contribution < 1.29 is 19.8 Å². The fourth-order valence-corrected chi connectivity index (χ4v) is 1.26. The molecule has 0 unspecified atom stereocenters. The second-order valence-electron chi connectivity index (χ2n) is 4.30. The monoisotopic (exact) mass is 232 g/mol. The first-order valence-corrected chi connectivity index (χ1v) is 5.22. The third-order valence-electron chi connectivity index (χ3n) is 2.11. The molecule has 0 saturated carbocycles. The number of carboxylic acids is 1. The van der Waals surface area contributed by atoms with E-state index >= 15 is 0 Å². The molecule has 0 radical (unpaired) electrons. The lowest BCUT2D eigenvalue weighted by Gasteiger charge is -2.20. The van der Waals surface area contributed by atoms with Gasteiger partial charge in [0.25, 0.3) is 0 Å². The lowest BCUT2D eigenvalue weighted by molar-refractivity contribution is -0.145. The molecule has 6 heteroatoms. The number of carbonyl (C=O) groups excluding carboxylic acids is 1. The average molecular weight is 232 g/mol. The summed E-state index contributed by atoms with van der Waals surface area (Å²) in [6.45, 7) is 5.13. The lowest BCUT2D eigenvalue weighted by Crippen LogP contribution is -2.52. The Hall–Kier alpha value is -1.14. The number of carboxylic acid groups (broad SMARTS) is 1. The van der Waals surface area contributed by atoms with Gasteiger partial charge in [-0.3, -0.25) is 4.79 Å². The third-order valence-corrected chi connectivity index (χ3v) is 2.11. The minimum absolute atomic E-state index is 0.246. The van der Waals surface area contributed by atoms with Crippen molar-refractivity contribution in [1.29, 1.82) is 0 Å². The molecule has 3 atom stereocenters. The van der Waals surface area contributed by atoms with Crippen LogP contribution in [0.15, 0.2) is 0 Å². The highest BCUT2D eigenvalue weighted by Crippen LogP contribution is 2.03. The van der Waals surface area contributed by atoms with E-state index in [0.29, 0.717) is 6.42 Å². The van der Waals surface area contributed by atoms with Crippen molar-refractivity contribution in [2.24, 2.45) is 11.7 Å². The van der Waals surface area contributed by atoms with Gasteiger partial charge in [0.1, 0.15) is 0 Å². The maximum absolute atomic E-state index is 11.5. The van der Waals surface area contributed by atoms with Gasteiger partial charge in [0.05, 0.1) is 12.1 Å². The summed E-state index contributed by atoms with van der Waals surface area (Å²) in [6, 6.07) is -2.06. The predicted octanol–water partition coefficient (Wildman–Crippen LogP) is -0.690. The molecule has 16 heavy (non-hydrogen) atoms. The van der Waals surface area contributed by atoms with Gasteiger partial charge >= 0.3 is 5.97 Å². The first kappa shape index (κ1) is 14.9. The fourth-order valence-electron chi connectivity index (χ4n) is 1.26. The predicted molar refractivity (Wildman–Crippen MR) is 58.7 cm³/mol. The minimum atomic E-state index is -1.31. The van der Waals surface area contributed by atoms with Gasteiger partial charge in [-0.2, -0.15) is 0 Å². The van der Waals surface area contributed by atoms with E-state index in [-0.39, 0.29) is 5.92 Å². The molecule has 0 fully saturated rings. The minimum Gasteiger partial charge on any atom is -0.480 e. The highest BCUT2D eigenvalue weighted by Gasteiger charge is 2.27. The normalized spacial score (nSPS) is 16.6. The number of aliphatic hydroxyl groups is 1. The quantitative estimate of drug-likeness (QED) is 0.484. The molecular formula is C10H20N2O4. The van der Waals surface area contributed by atoms with Gasteiger partial charge in [-0.05, 0) is 19.3 Å². The summed E-state index contributed by atoms with van der Waals surface area (Å²) in [5, 5.41) is 20.1. The highest BCUT2D eigenvalue weighted by atomic mass is 16.4. The van der Waals surface area contributed by atoms with Gasteiger partial charge in [0, 0.05) is 0 Å². The molecule has 5 N–H and O–H groups in total. The first-order valence-electron chi connectivity index (χ1n) is 5.22. The van der Waals surface area contributed by atoms with Crippen molar-refractivity contribution in [3.8, 4) is 0 Å². The van der Waals surface area contributed by atoms with Gasteiger partial charge in [-0.1, -0.05) is 13.8 Å². The fraction of sp³-hybridized carbons (Fsp3) is 0.800. The number of nitrogens with one attached hydrogen (secondary N) is 1. The number of amides is 1. The number of hydrogen-bond donors (Lipinski definition) is 4.